The summed E-state index contributed by atoms with van der Waals surface area (Å²) in [7, 11) is 0. The van der Waals surface area contributed by atoms with E-state index in [1.54, 1.807) is 12.1 Å². The molecule has 0 aliphatic carbocycles. The van der Waals surface area contributed by atoms with Crippen molar-refractivity contribution < 1.29 is 13.2 Å². The second-order valence-corrected chi connectivity index (χ2v) is 3.23. The van der Waals surface area contributed by atoms with Crippen molar-refractivity contribution in [1.29, 1.82) is 0 Å². The Balaban J connectivity index is 2.72. The van der Waals surface area contributed by atoms with Gasteiger partial charge in [-0.1, -0.05) is 37.6 Å². The van der Waals surface area contributed by atoms with Crippen LogP contribution in [-0.2, 0) is 6.42 Å². The molecule has 0 N–H and O–H groups in total. The predicted molar refractivity (Wildman–Crippen MR) is 50.3 cm³/mol. The molecule has 0 heterocycles. The molecule has 0 nitrogen and oxygen atoms in total. The molecule has 78 valence electrons. The van der Waals surface area contributed by atoms with Crippen molar-refractivity contribution in [1.82, 2.24) is 0 Å². The van der Waals surface area contributed by atoms with E-state index >= 15 is 0 Å². The molecule has 0 fully saturated rings. The van der Waals surface area contributed by atoms with Gasteiger partial charge in [0.25, 0.3) is 6.43 Å². The first-order valence-corrected chi connectivity index (χ1v) is 4.66. The third-order valence-corrected chi connectivity index (χ3v) is 2.06. The van der Waals surface area contributed by atoms with Gasteiger partial charge in [-0.05, 0) is 17.5 Å². The molecule has 0 aliphatic heterocycles. The first kappa shape index (κ1) is 11.1. The lowest BCUT2D eigenvalue weighted by atomic mass is 10.1. The Morgan fingerprint density at radius 1 is 1.07 bits per heavy atom. The van der Waals surface area contributed by atoms with Crippen molar-refractivity contribution >= 4 is 0 Å². The lowest BCUT2D eigenvalue weighted by molar-refractivity contribution is 0.0495. The molecule has 14 heavy (non-hydrogen) atoms. The fourth-order valence-corrected chi connectivity index (χ4v) is 1.30. The zero-order valence-corrected chi connectivity index (χ0v) is 8.01. The minimum Gasteiger partial charge on any atom is -0.236 e. The van der Waals surface area contributed by atoms with Gasteiger partial charge in [0.05, 0.1) is 0 Å². The minimum absolute atomic E-state index is 0.0554. The number of hydrogen-bond donors (Lipinski definition) is 0. The van der Waals surface area contributed by atoms with E-state index in [9.17, 15) is 13.2 Å². The van der Waals surface area contributed by atoms with Gasteiger partial charge < -0.3 is 0 Å². The first-order chi connectivity index (χ1) is 6.65. The first-order valence-electron chi connectivity index (χ1n) is 4.66. The summed E-state index contributed by atoms with van der Waals surface area (Å²) in [5.41, 5.74) is 1.11. The fourth-order valence-electron chi connectivity index (χ4n) is 1.30. The van der Waals surface area contributed by atoms with Gasteiger partial charge in [-0.3, -0.25) is 0 Å². The molecule has 0 spiro atoms. The van der Waals surface area contributed by atoms with Gasteiger partial charge >= 0.3 is 0 Å². The van der Waals surface area contributed by atoms with Gasteiger partial charge in [-0.2, -0.15) is 0 Å². The van der Waals surface area contributed by atoms with Crippen LogP contribution in [0.3, 0.4) is 0 Å². The molecule has 3 heteroatoms. The van der Waals surface area contributed by atoms with Crippen LogP contribution in [-0.4, -0.2) is 6.43 Å². The standard InChI is InChI=1S/C11H13F3/c1-2-3-8-4-6-9(7-5-8)10(12)11(13)14/h4-7,10-11H,2-3H2,1H3. The second kappa shape index (κ2) is 5.03. The molecule has 1 rings (SSSR count). The molecule has 0 bridgehead atoms. The molecule has 1 unspecified atom stereocenters. The maximum atomic E-state index is 12.8. The van der Waals surface area contributed by atoms with Crippen molar-refractivity contribution in [2.75, 3.05) is 0 Å². The summed E-state index contributed by atoms with van der Waals surface area (Å²) in [6.45, 7) is 2.03. The number of rotatable bonds is 4. The van der Waals surface area contributed by atoms with E-state index in [0.29, 0.717) is 0 Å². The van der Waals surface area contributed by atoms with Gasteiger partial charge in [0.2, 0.25) is 0 Å². The van der Waals surface area contributed by atoms with Gasteiger partial charge in [-0.15, -0.1) is 0 Å². The Labute approximate surface area is 81.8 Å². The lowest BCUT2D eigenvalue weighted by Gasteiger charge is -2.07. The van der Waals surface area contributed by atoms with Crippen LogP contribution >= 0.6 is 0 Å². The van der Waals surface area contributed by atoms with E-state index in [-0.39, 0.29) is 5.56 Å². The maximum absolute atomic E-state index is 12.8. The summed E-state index contributed by atoms with van der Waals surface area (Å²) in [5.74, 6) is 0. The van der Waals surface area contributed by atoms with E-state index in [1.165, 1.54) is 12.1 Å². The molecular formula is C11H13F3. The number of alkyl halides is 3. The molecule has 1 aromatic rings. The highest BCUT2D eigenvalue weighted by molar-refractivity contribution is 5.24. The van der Waals surface area contributed by atoms with Crippen LogP contribution in [0.2, 0.25) is 0 Å². The van der Waals surface area contributed by atoms with Crippen molar-refractivity contribution in [3.63, 3.8) is 0 Å². The van der Waals surface area contributed by atoms with E-state index in [4.69, 9.17) is 0 Å². The third kappa shape index (κ3) is 2.76. The summed E-state index contributed by atoms with van der Waals surface area (Å²) in [6.07, 6.45) is -3.21. The summed E-state index contributed by atoms with van der Waals surface area (Å²) < 4.78 is 36.8. The summed E-state index contributed by atoms with van der Waals surface area (Å²) >= 11 is 0. The second-order valence-electron chi connectivity index (χ2n) is 3.23. The zero-order valence-electron chi connectivity index (χ0n) is 8.01. The Morgan fingerprint density at radius 3 is 2.07 bits per heavy atom. The van der Waals surface area contributed by atoms with Crippen LogP contribution in [0.5, 0.6) is 0 Å². The predicted octanol–water partition coefficient (Wildman–Crippen LogP) is 3.91. The molecule has 1 aromatic carbocycles. The van der Waals surface area contributed by atoms with Crippen molar-refractivity contribution in [3.05, 3.63) is 35.4 Å². The van der Waals surface area contributed by atoms with E-state index in [1.807, 2.05) is 6.92 Å². The Morgan fingerprint density at radius 2 is 1.64 bits per heavy atom. The molecule has 1 atom stereocenters. The summed E-state index contributed by atoms with van der Waals surface area (Å²) in [5, 5.41) is 0. The zero-order chi connectivity index (χ0) is 10.6. The SMILES string of the molecule is CCCc1ccc(C(F)C(F)F)cc1. The van der Waals surface area contributed by atoms with Crippen molar-refractivity contribution in [3.8, 4) is 0 Å². The summed E-state index contributed by atoms with van der Waals surface area (Å²) in [4.78, 5) is 0. The normalized spacial score (nSPS) is 13.2. The van der Waals surface area contributed by atoms with Crippen LogP contribution in [0.1, 0.15) is 30.6 Å². The average molecular weight is 202 g/mol. The van der Waals surface area contributed by atoms with Crippen molar-refractivity contribution in [2.24, 2.45) is 0 Å². The molecule has 0 saturated carbocycles. The Kier molecular flexibility index (Phi) is 3.98. The van der Waals surface area contributed by atoms with E-state index in [2.05, 4.69) is 0 Å². The largest absolute Gasteiger partial charge is 0.273 e. The van der Waals surface area contributed by atoms with Crippen LogP contribution in [0.15, 0.2) is 24.3 Å². The molecule has 0 radical (unpaired) electrons. The van der Waals surface area contributed by atoms with E-state index in [0.717, 1.165) is 18.4 Å². The Hall–Kier alpha value is -0.990. The van der Waals surface area contributed by atoms with Crippen LogP contribution in [0, 0.1) is 0 Å². The lowest BCUT2D eigenvalue weighted by Crippen LogP contribution is -2.02. The van der Waals surface area contributed by atoms with Gasteiger partial charge in [0.1, 0.15) is 0 Å². The number of halogens is 3. The molecule has 0 amide bonds. The number of benzene rings is 1. The topological polar surface area (TPSA) is 0 Å². The van der Waals surface area contributed by atoms with Gasteiger partial charge in [0.15, 0.2) is 6.17 Å². The quantitative estimate of drug-likeness (QED) is 0.694. The highest BCUT2D eigenvalue weighted by Crippen LogP contribution is 2.24. The average Bonchev–Trinajstić information content (AvgIpc) is 2.18. The van der Waals surface area contributed by atoms with Gasteiger partial charge in [-0.25, -0.2) is 13.2 Å². The summed E-state index contributed by atoms with van der Waals surface area (Å²) in [6, 6.07) is 6.27. The molecule has 0 aromatic heterocycles. The van der Waals surface area contributed by atoms with Crippen LogP contribution < -0.4 is 0 Å². The fraction of sp³-hybridized carbons (Fsp3) is 0.455. The van der Waals surface area contributed by atoms with Crippen molar-refractivity contribution in [2.45, 2.75) is 32.4 Å². The smallest absolute Gasteiger partial charge is 0.236 e. The van der Waals surface area contributed by atoms with Gasteiger partial charge in [0, 0.05) is 0 Å². The molecular weight excluding hydrogens is 189 g/mol. The Bertz CT molecular complexity index is 266. The van der Waals surface area contributed by atoms with E-state index < -0.39 is 12.6 Å². The molecule has 0 aliphatic rings. The number of aryl methyl sites for hydroxylation is 1. The third-order valence-electron chi connectivity index (χ3n) is 2.06. The molecule has 0 saturated heterocycles. The monoisotopic (exact) mass is 202 g/mol. The highest BCUT2D eigenvalue weighted by Gasteiger charge is 2.20. The minimum atomic E-state index is -2.94. The number of hydrogen-bond acceptors (Lipinski definition) is 0. The highest BCUT2D eigenvalue weighted by atomic mass is 19.3. The van der Waals surface area contributed by atoms with Crippen LogP contribution in [0.25, 0.3) is 0 Å². The van der Waals surface area contributed by atoms with Crippen LogP contribution in [0.4, 0.5) is 13.2 Å². The maximum Gasteiger partial charge on any atom is 0.273 e.